The van der Waals surface area contributed by atoms with Crippen LogP contribution >= 0.6 is 0 Å². The Balaban J connectivity index is 1.91. The van der Waals surface area contributed by atoms with Crippen molar-refractivity contribution >= 4 is 5.91 Å². The quantitative estimate of drug-likeness (QED) is 0.812. The lowest BCUT2D eigenvalue weighted by Gasteiger charge is -2.39. The first-order valence-corrected chi connectivity index (χ1v) is 9.12. The molecule has 1 aliphatic heterocycles. The number of nitrogens with one attached hydrogen (secondary N) is 1. The summed E-state index contributed by atoms with van der Waals surface area (Å²) in [5.74, 6) is 1.52. The lowest BCUT2D eigenvalue weighted by Crippen LogP contribution is -2.53. The summed E-state index contributed by atoms with van der Waals surface area (Å²) in [6.45, 7) is 8.46. The molecule has 2 aliphatic rings. The number of piperidine rings is 1. The van der Waals surface area contributed by atoms with Crippen molar-refractivity contribution in [2.75, 3.05) is 13.1 Å². The van der Waals surface area contributed by atoms with Crippen LogP contribution in [0.5, 0.6) is 0 Å². The summed E-state index contributed by atoms with van der Waals surface area (Å²) in [7, 11) is 0. The molecule has 1 heterocycles. The molecule has 2 fully saturated rings. The van der Waals surface area contributed by atoms with Crippen molar-refractivity contribution in [3.63, 3.8) is 0 Å². The fourth-order valence-corrected chi connectivity index (χ4v) is 4.05. The van der Waals surface area contributed by atoms with Crippen LogP contribution in [-0.4, -0.2) is 36.0 Å². The summed E-state index contributed by atoms with van der Waals surface area (Å²) in [4.78, 5) is 14.6. The highest BCUT2D eigenvalue weighted by atomic mass is 16.2. The van der Waals surface area contributed by atoms with Crippen LogP contribution in [0.3, 0.4) is 0 Å². The number of carbonyl (C=O) groups excluding carboxylic acids is 1. The van der Waals surface area contributed by atoms with E-state index in [4.69, 9.17) is 0 Å². The highest BCUT2D eigenvalue weighted by Crippen LogP contribution is 2.25. The average Bonchev–Trinajstić information content (AvgIpc) is 2.91. The molecule has 0 spiro atoms. The third-order valence-electron chi connectivity index (χ3n) is 5.00. The van der Waals surface area contributed by atoms with Gasteiger partial charge in [-0.2, -0.15) is 0 Å². The Kier molecular flexibility index (Phi) is 6.53. The molecule has 1 saturated carbocycles. The molecule has 2 unspecified atom stereocenters. The van der Waals surface area contributed by atoms with Gasteiger partial charge in [0.15, 0.2) is 0 Å². The van der Waals surface area contributed by atoms with Gasteiger partial charge in [-0.3, -0.25) is 4.79 Å². The minimum Gasteiger partial charge on any atom is -0.341 e. The molecule has 3 nitrogen and oxygen atoms in total. The Morgan fingerprint density at radius 2 is 1.90 bits per heavy atom. The number of carbonyl (C=O) groups is 1. The molecule has 2 rings (SSSR count). The Bertz CT molecular complexity index is 323. The Morgan fingerprint density at radius 3 is 2.52 bits per heavy atom. The van der Waals surface area contributed by atoms with Gasteiger partial charge >= 0.3 is 0 Å². The van der Waals surface area contributed by atoms with Gasteiger partial charge in [0, 0.05) is 31.6 Å². The summed E-state index contributed by atoms with van der Waals surface area (Å²) < 4.78 is 0. The molecule has 0 aromatic heterocycles. The molecule has 1 N–H and O–H groups in total. The minimum absolute atomic E-state index is 0.365. The van der Waals surface area contributed by atoms with E-state index in [2.05, 4.69) is 31.0 Å². The van der Waals surface area contributed by atoms with E-state index in [0.717, 1.165) is 13.1 Å². The largest absolute Gasteiger partial charge is 0.341 e. The van der Waals surface area contributed by atoms with Gasteiger partial charge < -0.3 is 10.2 Å². The van der Waals surface area contributed by atoms with Gasteiger partial charge in [-0.15, -0.1) is 0 Å². The first-order chi connectivity index (χ1) is 10.1. The zero-order chi connectivity index (χ0) is 15.2. The van der Waals surface area contributed by atoms with Crippen LogP contribution in [0.2, 0.25) is 0 Å². The van der Waals surface area contributed by atoms with Gasteiger partial charge in [0.05, 0.1) is 0 Å². The monoisotopic (exact) mass is 294 g/mol. The van der Waals surface area contributed by atoms with E-state index < -0.39 is 0 Å². The van der Waals surface area contributed by atoms with Crippen LogP contribution in [-0.2, 0) is 4.79 Å². The van der Waals surface area contributed by atoms with Gasteiger partial charge in [-0.1, -0.05) is 40.0 Å². The summed E-state index contributed by atoms with van der Waals surface area (Å²) in [5, 5.41) is 3.85. The Labute approximate surface area is 130 Å². The molecule has 0 aromatic carbocycles. The third-order valence-corrected chi connectivity index (χ3v) is 5.00. The zero-order valence-electron chi connectivity index (χ0n) is 14.2. The van der Waals surface area contributed by atoms with Gasteiger partial charge in [0.1, 0.15) is 0 Å². The second-order valence-electron chi connectivity index (χ2n) is 7.63. The molecule has 0 radical (unpaired) electrons. The summed E-state index contributed by atoms with van der Waals surface area (Å²) in [6, 6.07) is 1.23. The number of hydrogen-bond donors (Lipinski definition) is 1. The number of nitrogens with zero attached hydrogens (tertiary/aromatic N) is 1. The maximum absolute atomic E-state index is 12.4. The Hall–Kier alpha value is -0.570. The second-order valence-corrected chi connectivity index (χ2v) is 7.63. The van der Waals surface area contributed by atoms with Crippen LogP contribution < -0.4 is 5.32 Å². The van der Waals surface area contributed by atoms with Crippen molar-refractivity contribution < 1.29 is 4.79 Å². The van der Waals surface area contributed by atoms with E-state index in [9.17, 15) is 4.79 Å². The summed E-state index contributed by atoms with van der Waals surface area (Å²) in [6.07, 6.45) is 9.85. The van der Waals surface area contributed by atoms with Crippen LogP contribution in [0.4, 0.5) is 0 Å². The van der Waals surface area contributed by atoms with E-state index in [1.165, 1.54) is 44.9 Å². The maximum Gasteiger partial charge on any atom is 0.222 e. The van der Waals surface area contributed by atoms with E-state index >= 15 is 0 Å². The molecule has 3 heteroatoms. The molecule has 21 heavy (non-hydrogen) atoms. The number of likely N-dealkylation sites (tertiary alicyclic amines) is 1. The highest BCUT2D eigenvalue weighted by Gasteiger charge is 2.31. The lowest BCUT2D eigenvalue weighted by atomic mass is 9.89. The van der Waals surface area contributed by atoms with Gasteiger partial charge in [0.25, 0.3) is 0 Å². The Morgan fingerprint density at radius 1 is 1.19 bits per heavy atom. The fourth-order valence-electron chi connectivity index (χ4n) is 4.05. The number of rotatable bonds is 6. The smallest absolute Gasteiger partial charge is 0.222 e. The molecule has 1 amide bonds. The van der Waals surface area contributed by atoms with Crippen molar-refractivity contribution in [3.05, 3.63) is 0 Å². The van der Waals surface area contributed by atoms with Crippen molar-refractivity contribution in [1.29, 1.82) is 0 Å². The van der Waals surface area contributed by atoms with E-state index in [0.29, 0.717) is 36.2 Å². The minimum atomic E-state index is 0.365. The van der Waals surface area contributed by atoms with Crippen molar-refractivity contribution in [1.82, 2.24) is 10.2 Å². The van der Waals surface area contributed by atoms with Crippen LogP contribution in [0.25, 0.3) is 0 Å². The molecule has 1 aliphatic carbocycles. The third kappa shape index (κ3) is 5.28. The predicted octanol–water partition coefficient (Wildman–Crippen LogP) is 3.58. The highest BCUT2D eigenvalue weighted by molar-refractivity contribution is 5.76. The molecule has 1 saturated heterocycles. The molecule has 0 bridgehead atoms. The van der Waals surface area contributed by atoms with Crippen molar-refractivity contribution in [2.24, 2.45) is 11.8 Å². The van der Waals surface area contributed by atoms with E-state index in [-0.39, 0.29) is 0 Å². The van der Waals surface area contributed by atoms with Gasteiger partial charge in [-0.05, 0) is 37.5 Å². The topological polar surface area (TPSA) is 32.3 Å². The van der Waals surface area contributed by atoms with Crippen LogP contribution in [0.1, 0.15) is 72.1 Å². The molecular weight excluding hydrogens is 260 g/mol. The van der Waals surface area contributed by atoms with Crippen molar-refractivity contribution in [2.45, 2.75) is 84.2 Å². The molecular formula is C18H34N2O. The van der Waals surface area contributed by atoms with E-state index in [1.807, 2.05) is 0 Å². The summed E-state index contributed by atoms with van der Waals surface area (Å²) in [5.41, 5.74) is 0. The van der Waals surface area contributed by atoms with Crippen LogP contribution in [0.15, 0.2) is 0 Å². The van der Waals surface area contributed by atoms with Crippen molar-refractivity contribution in [3.8, 4) is 0 Å². The molecule has 0 aromatic rings. The normalized spacial score (nSPS) is 27.5. The average molecular weight is 294 g/mol. The first-order valence-electron chi connectivity index (χ1n) is 9.12. The van der Waals surface area contributed by atoms with E-state index in [1.54, 1.807) is 0 Å². The molecule has 122 valence electrons. The van der Waals surface area contributed by atoms with Gasteiger partial charge in [-0.25, -0.2) is 0 Å². The molecule has 2 atom stereocenters. The fraction of sp³-hybridized carbons (Fsp3) is 0.944. The number of amides is 1. The lowest BCUT2D eigenvalue weighted by molar-refractivity contribution is -0.134. The predicted molar refractivity (Wildman–Crippen MR) is 88.2 cm³/mol. The number of hydrogen-bond acceptors (Lipinski definition) is 2. The SMILES string of the molecule is CCCC1CC(NC2CCCC2)CN(C(=O)CC(C)C)C1. The second kappa shape index (κ2) is 8.17. The van der Waals surface area contributed by atoms with Gasteiger partial charge in [0.2, 0.25) is 5.91 Å². The zero-order valence-corrected chi connectivity index (χ0v) is 14.2. The summed E-state index contributed by atoms with van der Waals surface area (Å²) >= 11 is 0. The maximum atomic E-state index is 12.4. The van der Waals surface area contributed by atoms with Crippen LogP contribution in [0, 0.1) is 11.8 Å². The standard InChI is InChI=1S/C18H34N2O/c1-4-7-15-11-17(19-16-8-5-6-9-16)13-20(12-15)18(21)10-14(2)3/h14-17,19H,4-13H2,1-3H3. The first kappa shape index (κ1) is 16.8.